The zero-order valence-electron chi connectivity index (χ0n) is 65.9. The number of aliphatic hydroxyl groups is 2. The summed E-state index contributed by atoms with van der Waals surface area (Å²) in [6.07, 6.45) is 97.6. The van der Waals surface area contributed by atoms with Gasteiger partial charge in [0.15, 0.2) is 6.10 Å². The Hall–Kier alpha value is -4.57. The quantitative estimate of drug-likeness (QED) is 0.0146. The summed E-state index contributed by atoms with van der Waals surface area (Å²) in [5.41, 5.74) is 0. The second-order valence-corrected chi connectivity index (χ2v) is 30.0. The first-order chi connectivity index (χ1) is 51.2. The number of allylic oxidation sites excluding steroid dienone is 24. The van der Waals surface area contributed by atoms with Crippen LogP contribution in [0.4, 0.5) is 0 Å². The lowest BCUT2D eigenvalue weighted by Crippen LogP contribution is -2.30. The molecule has 0 aliphatic heterocycles. The maximum absolute atomic E-state index is 13.0. The third kappa shape index (κ3) is 80.3. The van der Waals surface area contributed by atoms with E-state index < -0.39 is 91.5 Å². The molecule has 4 N–H and O–H groups in total. The Morgan fingerprint density at radius 1 is 0.267 bits per heavy atom. The van der Waals surface area contributed by atoms with Gasteiger partial charge in [0, 0.05) is 19.3 Å². The predicted molar refractivity (Wildman–Crippen MR) is 436 cm³/mol. The van der Waals surface area contributed by atoms with Crippen molar-refractivity contribution in [2.45, 2.75) is 347 Å². The van der Waals surface area contributed by atoms with E-state index in [2.05, 4.69) is 167 Å². The van der Waals surface area contributed by atoms with Crippen LogP contribution in [0, 0.1) is 0 Å². The Balaban J connectivity index is 4.47. The van der Waals surface area contributed by atoms with Crippen molar-refractivity contribution in [1.82, 2.24) is 0 Å². The van der Waals surface area contributed by atoms with Crippen LogP contribution in [-0.2, 0) is 55.8 Å². The van der Waals surface area contributed by atoms with Crippen molar-refractivity contribution in [2.75, 3.05) is 39.6 Å². The summed E-state index contributed by atoms with van der Waals surface area (Å²) < 4.78 is 61.2. The molecule has 18 heteroatoms. The number of hydrogen-bond acceptors (Lipinski definition) is 14. The molecule has 0 aromatic carbocycles. The molecule has 5 unspecified atom stereocenters. The average Bonchev–Trinajstić information content (AvgIpc) is 0.911. The molecule has 0 rings (SSSR count). The highest BCUT2D eigenvalue weighted by Gasteiger charge is 2.29. The molecule has 0 saturated carbocycles. The summed E-state index contributed by atoms with van der Waals surface area (Å²) in [7, 11) is -9.80. The van der Waals surface area contributed by atoms with Crippen molar-refractivity contribution in [1.29, 1.82) is 0 Å². The summed E-state index contributed by atoms with van der Waals surface area (Å²) in [6, 6.07) is 0. The van der Waals surface area contributed by atoms with E-state index in [4.69, 9.17) is 32.3 Å². The van der Waals surface area contributed by atoms with Crippen LogP contribution in [0.25, 0.3) is 0 Å². The van der Waals surface area contributed by atoms with Crippen LogP contribution in [0.5, 0.6) is 0 Å². The number of hydrogen-bond donors (Lipinski definition) is 4. The van der Waals surface area contributed by atoms with Gasteiger partial charge in [-0.2, -0.15) is 0 Å². The van der Waals surface area contributed by atoms with Crippen LogP contribution in [-0.4, -0.2) is 95.9 Å². The van der Waals surface area contributed by atoms with E-state index in [1.165, 1.54) is 89.9 Å². The second kappa shape index (κ2) is 79.0. The van der Waals surface area contributed by atoms with E-state index in [0.717, 1.165) is 180 Å². The van der Waals surface area contributed by atoms with Gasteiger partial charge in [0.2, 0.25) is 0 Å². The van der Waals surface area contributed by atoms with Gasteiger partial charge < -0.3 is 34.2 Å². The van der Waals surface area contributed by atoms with Gasteiger partial charge in [-0.1, -0.05) is 321 Å². The van der Waals surface area contributed by atoms with Crippen molar-refractivity contribution in [2.24, 2.45) is 0 Å². The molecule has 0 aliphatic rings. The van der Waals surface area contributed by atoms with E-state index >= 15 is 0 Å². The Kier molecular flexibility index (Phi) is 75.6. The van der Waals surface area contributed by atoms with Crippen molar-refractivity contribution in [3.63, 3.8) is 0 Å². The standard InChI is InChI=1S/C87H148O16P2/c1-4-7-10-13-16-19-22-25-28-31-33-34-35-36-37-38-39-40-41-42-43-44-45-46-48-51-52-55-58-61-64-67-70-73-85(90)97-76-82(88)77-99-104(93,94)100-78-83(89)79-101-105(95,96)102-81-84(103-87(92)75-72-69-66-63-60-57-54-49-30-27-24-21-18-15-12-9-6-3)80-98-86(91)74-71-68-65-62-59-56-53-50-47-32-29-26-23-20-17-14-11-8-5-2/h7-12,16-21,25-30,33-34,36-37,47,50,82-84,88-89H,4-6,13-15,22-24,31-32,35,38-46,48-49,51-81H2,1-3H3,(H,93,94)(H,95,96)/b10-7-,11-8-,12-9-,19-16-,20-17-,21-18-,28-25-,29-26-,30-27-,34-33-,37-36-,50-47-. The monoisotopic (exact) mass is 1510 g/mol. The fourth-order valence-electron chi connectivity index (χ4n) is 10.9. The maximum Gasteiger partial charge on any atom is 0.472 e. The zero-order valence-corrected chi connectivity index (χ0v) is 67.6. The number of ether oxygens (including phenoxy) is 3. The number of phosphoric acid groups is 2. The number of phosphoric ester groups is 2. The van der Waals surface area contributed by atoms with Gasteiger partial charge in [-0.15, -0.1) is 0 Å². The van der Waals surface area contributed by atoms with Crippen LogP contribution in [0.3, 0.4) is 0 Å². The molecular weight excluding hydrogens is 1360 g/mol. The Labute approximate surface area is 638 Å². The summed E-state index contributed by atoms with van der Waals surface area (Å²) in [4.78, 5) is 58.7. The molecular formula is C87H148O16P2. The SMILES string of the molecule is CC/C=C\C/C=C\C/C=C\C/C=C\C/C=C\CCCCCCCCCCCCCCCCCCCC(=O)OCC(O)COP(=O)(O)OCC(O)COP(=O)(O)OCC(COC(=O)CCCCCCCC/C=C\C/C=C\C/C=C\C/C=C\CC)OC(=O)CCCCCCCCC/C=C\C/C=C\C/C=C\CC. The summed E-state index contributed by atoms with van der Waals surface area (Å²) >= 11 is 0. The normalized spacial score (nSPS) is 14.7. The summed E-state index contributed by atoms with van der Waals surface area (Å²) in [5.74, 6) is -1.60. The third-order valence-electron chi connectivity index (χ3n) is 17.0. The van der Waals surface area contributed by atoms with E-state index in [-0.39, 0.29) is 19.3 Å². The first-order valence-corrected chi connectivity index (χ1v) is 44.1. The molecule has 5 atom stereocenters. The van der Waals surface area contributed by atoms with Crippen molar-refractivity contribution >= 4 is 33.6 Å². The fraction of sp³-hybridized carbons (Fsp3) is 0.690. The molecule has 0 fully saturated rings. The molecule has 0 aliphatic carbocycles. The van der Waals surface area contributed by atoms with E-state index in [0.29, 0.717) is 19.3 Å². The number of carbonyl (C=O) groups is 3. The van der Waals surface area contributed by atoms with E-state index in [9.17, 15) is 43.5 Å². The van der Waals surface area contributed by atoms with Crippen LogP contribution in [0.2, 0.25) is 0 Å². The topological polar surface area (TPSA) is 231 Å². The van der Waals surface area contributed by atoms with Crippen LogP contribution in [0.15, 0.2) is 146 Å². The molecule has 0 spiro atoms. The van der Waals surface area contributed by atoms with Gasteiger partial charge in [-0.05, 0) is 135 Å². The number of esters is 3. The van der Waals surface area contributed by atoms with E-state index in [1.54, 1.807) is 0 Å². The Bertz CT molecular complexity index is 2490. The van der Waals surface area contributed by atoms with Gasteiger partial charge in [-0.3, -0.25) is 32.5 Å². The lowest BCUT2D eigenvalue weighted by molar-refractivity contribution is -0.161. The molecule has 0 saturated heterocycles. The minimum atomic E-state index is -4.94. The molecule has 0 aromatic rings. The van der Waals surface area contributed by atoms with Gasteiger partial charge >= 0.3 is 33.6 Å². The van der Waals surface area contributed by atoms with Crippen molar-refractivity contribution < 1.29 is 75.8 Å². The minimum Gasteiger partial charge on any atom is -0.463 e. The second-order valence-electron chi connectivity index (χ2n) is 27.1. The van der Waals surface area contributed by atoms with Crippen LogP contribution >= 0.6 is 15.6 Å². The number of unbranched alkanes of at least 4 members (excludes halogenated alkanes) is 30. The highest BCUT2D eigenvalue weighted by atomic mass is 31.2. The first kappa shape index (κ1) is 100. The maximum atomic E-state index is 13.0. The molecule has 105 heavy (non-hydrogen) atoms. The molecule has 16 nitrogen and oxygen atoms in total. The minimum absolute atomic E-state index is 0.0870. The molecule has 0 radical (unpaired) electrons. The highest BCUT2D eigenvalue weighted by Crippen LogP contribution is 2.45. The first-order valence-electron chi connectivity index (χ1n) is 41.1. The van der Waals surface area contributed by atoms with Gasteiger partial charge in [0.25, 0.3) is 0 Å². The predicted octanol–water partition coefficient (Wildman–Crippen LogP) is 24.4. The zero-order chi connectivity index (χ0) is 76.6. The largest absolute Gasteiger partial charge is 0.472 e. The smallest absolute Gasteiger partial charge is 0.463 e. The lowest BCUT2D eigenvalue weighted by atomic mass is 10.0. The Morgan fingerprint density at radius 3 is 0.752 bits per heavy atom. The van der Waals surface area contributed by atoms with Gasteiger partial charge in [0.05, 0.1) is 26.4 Å². The molecule has 0 aromatic heterocycles. The fourth-order valence-corrected chi connectivity index (χ4v) is 12.5. The summed E-state index contributed by atoms with van der Waals surface area (Å²) in [5, 5.41) is 20.7. The van der Waals surface area contributed by atoms with Crippen LogP contribution < -0.4 is 0 Å². The number of aliphatic hydroxyl groups excluding tert-OH is 2. The van der Waals surface area contributed by atoms with E-state index in [1.807, 2.05) is 0 Å². The molecule has 0 heterocycles. The molecule has 602 valence electrons. The van der Waals surface area contributed by atoms with Gasteiger partial charge in [-0.25, -0.2) is 9.13 Å². The van der Waals surface area contributed by atoms with Gasteiger partial charge in [0.1, 0.15) is 25.4 Å². The lowest BCUT2D eigenvalue weighted by Gasteiger charge is -2.21. The van der Waals surface area contributed by atoms with Crippen molar-refractivity contribution in [3.05, 3.63) is 146 Å². The van der Waals surface area contributed by atoms with Crippen molar-refractivity contribution in [3.8, 4) is 0 Å². The number of carbonyl (C=O) groups excluding carboxylic acids is 3. The third-order valence-corrected chi connectivity index (χ3v) is 18.9. The molecule has 0 bridgehead atoms. The van der Waals surface area contributed by atoms with Crippen LogP contribution in [0.1, 0.15) is 329 Å². The molecule has 0 amide bonds. The highest BCUT2D eigenvalue weighted by molar-refractivity contribution is 7.47. The average molecular weight is 1510 g/mol. The summed E-state index contributed by atoms with van der Waals surface area (Å²) in [6.45, 7) is 2.34. The number of rotatable bonds is 77. The Morgan fingerprint density at radius 2 is 0.476 bits per heavy atom.